The van der Waals surface area contributed by atoms with E-state index in [4.69, 9.17) is 14.6 Å². The van der Waals surface area contributed by atoms with E-state index in [-0.39, 0.29) is 18.8 Å². The van der Waals surface area contributed by atoms with Gasteiger partial charge in [0.25, 0.3) is 0 Å². The molecule has 92 valence electrons. The van der Waals surface area contributed by atoms with E-state index in [0.29, 0.717) is 13.0 Å². The van der Waals surface area contributed by atoms with E-state index in [1.165, 1.54) is 0 Å². The lowest BCUT2D eigenvalue weighted by atomic mass is 10.1. The number of carbonyl (C=O) groups is 1. The van der Waals surface area contributed by atoms with Crippen molar-refractivity contribution in [2.75, 3.05) is 6.61 Å². The number of rotatable bonds is 4. The summed E-state index contributed by atoms with van der Waals surface area (Å²) in [6, 6.07) is 7.89. The second-order valence-electron chi connectivity index (χ2n) is 3.95. The average Bonchev–Trinajstić information content (AvgIpc) is 2.68. The van der Waals surface area contributed by atoms with E-state index in [9.17, 15) is 4.79 Å². The summed E-state index contributed by atoms with van der Waals surface area (Å²) < 4.78 is 11.9. The molecule has 1 fully saturated rings. The van der Waals surface area contributed by atoms with Crippen molar-refractivity contribution < 1.29 is 19.4 Å². The number of hydrogen-bond donors (Lipinski definition) is 1. The SMILES string of the molecule is O=C(O)CC1COC(Cc2ccc(Br)cc2)O1. The van der Waals surface area contributed by atoms with E-state index in [1.54, 1.807) is 0 Å². The van der Waals surface area contributed by atoms with E-state index < -0.39 is 5.97 Å². The summed E-state index contributed by atoms with van der Waals surface area (Å²) in [4.78, 5) is 10.5. The van der Waals surface area contributed by atoms with Gasteiger partial charge < -0.3 is 14.6 Å². The summed E-state index contributed by atoms with van der Waals surface area (Å²) in [6.45, 7) is 0.355. The standard InChI is InChI=1S/C12H13BrO4/c13-9-3-1-8(2-4-9)5-12-16-7-10(17-12)6-11(14)15/h1-4,10,12H,5-7H2,(H,14,15). The van der Waals surface area contributed by atoms with Crippen molar-refractivity contribution in [2.45, 2.75) is 25.2 Å². The number of benzene rings is 1. The van der Waals surface area contributed by atoms with Crippen LogP contribution in [0.1, 0.15) is 12.0 Å². The van der Waals surface area contributed by atoms with Crippen LogP contribution in [0.4, 0.5) is 0 Å². The lowest BCUT2D eigenvalue weighted by Gasteiger charge is -2.10. The Balaban J connectivity index is 1.85. The predicted molar refractivity (Wildman–Crippen MR) is 64.7 cm³/mol. The maximum absolute atomic E-state index is 10.5. The molecule has 1 aliphatic rings. The highest BCUT2D eigenvalue weighted by atomic mass is 79.9. The number of carboxylic acid groups (broad SMARTS) is 1. The van der Waals surface area contributed by atoms with Crippen molar-refractivity contribution >= 4 is 21.9 Å². The molecular weight excluding hydrogens is 288 g/mol. The molecule has 17 heavy (non-hydrogen) atoms. The molecule has 0 bridgehead atoms. The van der Waals surface area contributed by atoms with E-state index in [1.807, 2.05) is 24.3 Å². The Hall–Kier alpha value is -0.910. The Bertz CT molecular complexity index is 390. The molecule has 1 aliphatic heterocycles. The first-order valence-corrected chi connectivity index (χ1v) is 6.16. The smallest absolute Gasteiger partial charge is 0.306 e. The molecule has 1 aromatic rings. The van der Waals surface area contributed by atoms with Crippen molar-refractivity contribution in [1.82, 2.24) is 0 Å². The summed E-state index contributed by atoms with van der Waals surface area (Å²) >= 11 is 3.37. The van der Waals surface area contributed by atoms with Crippen LogP contribution in [0.5, 0.6) is 0 Å². The van der Waals surface area contributed by atoms with E-state index >= 15 is 0 Å². The molecule has 4 nitrogen and oxygen atoms in total. The molecule has 0 aromatic heterocycles. The Kier molecular flexibility index (Phi) is 4.15. The minimum atomic E-state index is -0.858. The van der Waals surface area contributed by atoms with Gasteiger partial charge in [-0.15, -0.1) is 0 Å². The highest BCUT2D eigenvalue weighted by Gasteiger charge is 2.27. The predicted octanol–water partition coefficient (Wildman–Crippen LogP) is 2.21. The second kappa shape index (κ2) is 5.62. The number of halogens is 1. The quantitative estimate of drug-likeness (QED) is 0.926. The fraction of sp³-hybridized carbons (Fsp3) is 0.417. The van der Waals surface area contributed by atoms with Gasteiger partial charge in [-0.3, -0.25) is 4.79 Å². The fourth-order valence-electron chi connectivity index (χ4n) is 1.73. The molecule has 5 heteroatoms. The molecule has 2 unspecified atom stereocenters. The molecule has 2 atom stereocenters. The topological polar surface area (TPSA) is 55.8 Å². The molecule has 1 N–H and O–H groups in total. The Labute approximate surface area is 108 Å². The molecule has 1 saturated heterocycles. The third-order valence-electron chi connectivity index (χ3n) is 2.53. The number of ether oxygens (including phenoxy) is 2. The Morgan fingerprint density at radius 3 is 2.76 bits per heavy atom. The number of hydrogen-bond acceptors (Lipinski definition) is 3. The lowest BCUT2D eigenvalue weighted by Crippen LogP contribution is -2.17. The molecule has 0 radical (unpaired) electrons. The van der Waals surface area contributed by atoms with Gasteiger partial charge in [-0.1, -0.05) is 28.1 Å². The fourth-order valence-corrected chi connectivity index (χ4v) is 1.99. The van der Waals surface area contributed by atoms with Gasteiger partial charge in [0.1, 0.15) is 0 Å². The van der Waals surface area contributed by atoms with Crippen LogP contribution in [0.2, 0.25) is 0 Å². The first kappa shape index (κ1) is 12.5. The zero-order valence-corrected chi connectivity index (χ0v) is 10.7. The maximum Gasteiger partial charge on any atom is 0.306 e. The molecular formula is C12H13BrO4. The van der Waals surface area contributed by atoms with Crippen molar-refractivity contribution in [1.29, 1.82) is 0 Å². The van der Waals surface area contributed by atoms with E-state index in [0.717, 1.165) is 10.0 Å². The molecule has 0 aliphatic carbocycles. The van der Waals surface area contributed by atoms with E-state index in [2.05, 4.69) is 15.9 Å². The number of carboxylic acids is 1. The first-order chi connectivity index (χ1) is 8.13. The van der Waals surface area contributed by atoms with Gasteiger partial charge in [0.15, 0.2) is 6.29 Å². The summed E-state index contributed by atoms with van der Waals surface area (Å²) in [7, 11) is 0. The van der Waals surface area contributed by atoms with Crippen molar-refractivity contribution in [3.8, 4) is 0 Å². The molecule has 1 aromatic carbocycles. The van der Waals surface area contributed by atoms with Crippen LogP contribution in [0, 0.1) is 0 Å². The minimum absolute atomic E-state index is 0.00314. The van der Waals surface area contributed by atoms with Crippen molar-refractivity contribution in [3.63, 3.8) is 0 Å². The largest absolute Gasteiger partial charge is 0.481 e. The van der Waals surface area contributed by atoms with Gasteiger partial charge in [-0.05, 0) is 17.7 Å². The van der Waals surface area contributed by atoms with Gasteiger partial charge in [-0.2, -0.15) is 0 Å². The van der Waals surface area contributed by atoms with Crippen LogP contribution in [-0.4, -0.2) is 30.1 Å². The van der Waals surface area contributed by atoms with Crippen LogP contribution in [0.3, 0.4) is 0 Å². The highest BCUT2D eigenvalue weighted by Crippen LogP contribution is 2.19. The van der Waals surface area contributed by atoms with Gasteiger partial charge in [0, 0.05) is 10.9 Å². The summed E-state index contributed by atoms with van der Waals surface area (Å²) in [5.74, 6) is -0.858. The van der Waals surface area contributed by atoms with Crippen molar-refractivity contribution in [3.05, 3.63) is 34.3 Å². The summed E-state index contributed by atoms with van der Waals surface area (Å²) in [5, 5.41) is 8.64. The van der Waals surface area contributed by atoms with Crippen LogP contribution >= 0.6 is 15.9 Å². The van der Waals surface area contributed by atoms with Crippen LogP contribution in [0.15, 0.2) is 28.7 Å². The molecule has 1 heterocycles. The normalized spacial score (nSPS) is 23.8. The second-order valence-corrected chi connectivity index (χ2v) is 4.87. The van der Waals surface area contributed by atoms with Gasteiger partial charge in [0.05, 0.1) is 19.1 Å². The lowest BCUT2D eigenvalue weighted by molar-refractivity contribution is -0.140. The molecule has 0 spiro atoms. The molecule has 0 saturated carbocycles. The minimum Gasteiger partial charge on any atom is -0.481 e. The number of aliphatic carboxylic acids is 1. The van der Waals surface area contributed by atoms with Crippen LogP contribution < -0.4 is 0 Å². The Morgan fingerprint density at radius 1 is 1.41 bits per heavy atom. The van der Waals surface area contributed by atoms with Crippen molar-refractivity contribution in [2.24, 2.45) is 0 Å². The Morgan fingerprint density at radius 2 is 2.12 bits per heavy atom. The van der Waals surface area contributed by atoms with Gasteiger partial charge in [-0.25, -0.2) is 0 Å². The third kappa shape index (κ3) is 3.80. The maximum atomic E-state index is 10.5. The highest BCUT2D eigenvalue weighted by molar-refractivity contribution is 9.10. The van der Waals surface area contributed by atoms with Crippen LogP contribution in [0.25, 0.3) is 0 Å². The average molecular weight is 301 g/mol. The zero-order chi connectivity index (χ0) is 12.3. The molecule has 2 rings (SSSR count). The van der Waals surface area contributed by atoms with Gasteiger partial charge >= 0.3 is 5.97 Å². The first-order valence-electron chi connectivity index (χ1n) is 5.37. The monoisotopic (exact) mass is 300 g/mol. The summed E-state index contributed by atoms with van der Waals surface area (Å²) in [6.07, 6.45) is -0.0197. The molecule has 0 amide bonds. The third-order valence-corrected chi connectivity index (χ3v) is 3.06. The van der Waals surface area contributed by atoms with Gasteiger partial charge in [0.2, 0.25) is 0 Å². The van der Waals surface area contributed by atoms with Crippen LogP contribution in [-0.2, 0) is 20.7 Å². The zero-order valence-electron chi connectivity index (χ0n) is 9.14. The summed E-state index contributed by atoms with van der Waals surface area (Å²) in [5.41, 5.74) is 1.11.